The second kappa shape index (κ2) is 3.89. The topological polar surface area (TPSA) is 26.0 Å². The third-order valence-electron chi connectivity index (χ3n) is 4.47. The molecule has 1 aliphatic rings. The molecule has 1 aromatic rings. The van der Waals surface area contributed by atoms with Crippen molar-refractivity contribution in [2.45, 2.75) is 52.0 Å². The molecule has 1 saturated carbocycles. The van der Waals surface area contributed by atoms with E-state index in [1.807, 2.05) is 0 Å². The van der Waals surface area contributed by atoms with Gasteiger partial charge in [-0.25, -0.2) is 0 Å². The zero-order chi connectivity index (χ0) is 11.8. The van der Waals surface area contributed by atoms with Crippen LogP contribution in [0.3, 0.4) is 0 Å². The Bertz CT molecular complexity index is 369. The normalized spacial score (nSPS) is 21.5. The van der Waals surface area contributed by atoms with E-state index in [2.05, 4.69) is 45.0 Å². The molecule has 0 heterocycles. The Morgan fingerprint density at radius 3 is 2.31 bits per heavy atom. The predicted molar refractivity (Wildman–Crippen MR) is 69.3 cm³/mol. The molecule has 0 spiro atoms. The summed E-state index contributed by atoms with van der Waals surface area (Å²) >= 11 is 0. The first-order chi connectivity index (χ1) is 7.53. The van der Waals surface area contributed by atoms with Crippen molar-refractivity contribution in [1.82, 2.24) is 0 Å². The smallest absolute Gasteiger partial charge is 0.0420 e. The summed E-state index contributed by atoms with van der Waals surface area (Å²) in [6.07, 6.45) is 4.81. The molecule has 1 aromatic carbocycles. The average molecular weight is 217 g/mol. The van der Waals surface area contributed by atoms with E-state index in [4.69, 9.17) is 5.73 Å². The number of rotatable bonds is 3. The third kappa shape index (κ3) is 1.78. The molecule has 16 heavy (non-hydrogen) atoms. The van der Waals surface area contributed by atoms with Gasteiger partial charge in [0, 0.05) is 5.54 Å². The van der Waals surface area contributed by atoms with Crippen molar-refractivity contribution >= 4 is 0 Å². The van der Waals surface area contributed by atoms with Crippen LogP contribution in [0.15, 0.2) is 24.3 Å². The van der Waals surface area contributed by atoms with Crippen LogP contribution in [0.1, 0.15) is 50.7 Å². The highest BCUT2D eigenvalue weighted by Gasteiger charge is 2.50. The Morgan fingerprint density at radius 1 is 1.19 bits per heavy atom. The van der Waals surface area contributed by atoms with E-state index in [1.165, 1.54) is 24.0 Å². The molecule has 1 fully saturated rings. The highest BCUT2D eigenvalue weighted by Crippen LogP contribution is 2.56. The summed E-state index contributed by atoms with van der Waals surface area (Å²) in [5.74, 6) is 0. The van der Waals surface area contributed by atoms with Gasteiger partial charge in [-0.3, -0.25) is 0 Å². The summed E-state index contributed by atoms with van der Waals surface area (Å²) < 4.78 is 0. The molecule has 0 bridgehead atoms. The molecule has 1 nitrogen and oxygen atoms in total. The van der Waals surface area contributed by atoms with Gasteiger partial charge >= 0.3 is 0 Å². The van der Waals surface area contributed by atoms with Crippen LogP contribution in [-0.4, -0.2) is 0 Å². The molecule has 0 aliphatic heterocycles. The first-order valence-corrected chi connectivity index (χ1v) is 6.40. The standard InChI is InChI=1S/C15H23N/c1-4-14(5-2)10-15(16,11-14)13-8-6-7-12(3)9-13/h6-9H,4-5,10-11,16H2,1-3H3. The molecule has 0 saturated heterocycles. The van der Waals surface area contributed by atoms with Crippen LogP contribution < -0.4 is 5.73 Å². The molecular formula is C15H23N. The second-order valence-corrected chi connectivity index (χ2v) is 5.59. The molecule has 0 atom stereocenters. The molecule has 2 N–H and O–H groups in total. The number of hydrogen-bond donors (Lipinski definition) is 1. The van der Waals surface area contributed by atoms with Gasteiger partial charge in [0.2, 0.25) is 0 Å². The largest absolute Gasteiger partial charge is 0.321 e. The molecule has 1 heteroatoms. The predicted octanol–water partition coefficient (Wildman–Crippen LogP) is 3.75. The van der Waals surface area contributed by atoms with Gasteiger partial charge in [-0.15, -0.1) is 0 Å². The van der Waals surface area contributed by atoms with Gasteiger partial charge in [-0.2, -0.15) is 0 Å². The van der Waals surface area contributed by atoms with Crippen LogP contribution in [0.4, 0.5) is 0 Å². The van der Waals surface area contributed by atoms with Crippen molar-refractivity contribution < 1.29 is 0 Å². The van der Waals surface area contributed by atoms with Crippen LogP contribution in [0.5, 0.6) is 0 Å². The monoisotopic (exact) mass is 217 g/mol. The fourth-order valence-corrected chi connectivity index (χ4v) is 3.20. The van der Waals surface area contributed by atoms with Crippen molar-refractivity contribution in [3.8, 4) is 0 Å². The van der Waals surface area contributed by atoms with Crippen molar-refractivity contribution in [1.29, 1.82) is 0 Å². The molecule has 88 valence electrons. The summed E-state index contributed by atoms with van der Waals surface area (Å²) in [6, 6.07) is 8.69. The van der Waals surface area contributed by atoms with Crippen LogP contribution in [0.2, 0.25) is 0 Å². The highest BCUT2D eigenvalue weighted by atomic mass is 14.8. The van der Waals surface area contributed by atoms with Crippen molar-refractivity contribution in [3.05, 3.63) is 35.4 Å². The van der Waals surface area contributed by atoms with Crippen LogP contribution in [0, 0.1) is 12.3 Å². The average Bonchev–Trinajstić information content (AvgIpc) is 2.24. The first-order valence-electron chi connectivity index (χ1n) is 6.40. The number of nitrogens with two attached hydrogens (primary N) is 1. The van der Waals surface area contributed by atoms with Gasteiger partial charge in [-0.1, -0.05) is 56.5 Å². The summed E-state index contributed by atoms with van der Waals surface area (Å²) in [5.41, 5.74) is 9.61. The SMILES string of the molecule is CCC1(CC)CC(N)(c2cccc(C)c2)C1. The first kappa shape index (κ1) is 11.7. The summed E-state index contributed by atoms with van der Waals surface area (Å²) in [6.45, 7) is 6.72. The van der Waals surface area contributed by atoms with Gasteiger partial charge in [0.15, 0.2) is 0 Å². The van der Waals surface area contributed by atoms with E-state index in [1.54, 1.807) is 0 Å². The van der Waals surface area contributed by atoms with Crippen LogP contribution in [0.25, 0.3) is 0 Å². The van der Waals surface area contributed by atoms with E-state index < -0.39 is 0 Å². The minimum Gasteiger partial charge on any atom is -0.321 e. The Labute approximate surface area is 99.0 Å². The zero-order valence-electron chi connectivity index (χ0n) is 10.7. The van der Waals surface area contributed by atoms with E-state index in [-0.39, 0.29) is 5.54 Å². The molecule has 0 radical (unpaired) electrons. The van der Waals surface area contributed by atoms with Crippen molar-refractivity contribution in [2.24, 2.45) is 11.1 Å². The molecule has 0 unspecified atom stereocenters. The fraction of sp³-hybridized carbons (Fsp3) is 0.600. The molecule has 1 aliphatic carbocycles. The Hall–Kier alpha value is -0.820. The minimum atomic E-state index is -0.0575. The Kier molecular flexibility index (Phi) is 2.83. The molecule has 2 rings (SSSR count). The highest BCUT2D eigenvalue weighted by molar-refractivity contribution is 5.32. The minimum absolute atomic E-state index is 0.0575. The Morgan fingerprint density at radius 2 is 1.81 bits per heavy atom. The lowest BCUT2D eigenvalue weighted by Gasteiger charge is -2.54. The maximum absolute atomic E-state index is 6.52. The zero-order valence-corrected chi connectivity index (χ0v) is 10.7. The molecular weight excluding hydrogens is 194 g/mol. The summed E-state index contributed by atoms with van der Waals surface area (Å²) in [4.78, 5) is 0. The number of hydrogen-bond acceptors (Lipinski definition) is 1. The number of aryl methyl sites for hydroxylation is 1. The Balaban J connectivity index is 2.19. The summed E-state index contributed by atoms with van der Waals surface area (Å²) in [7, 11) is 0. The van der Waals surface area contributed by atoms with E-state index in [0.717, 1.165) is 12.8 Å². The van der Waals surface area contributed by atoms with Gasteiger partial charge in [0.05, 0.1) is 0 Å². The van der Waals surface area contributed by atoms with E-state index in [9.17, 15) is 0 Å². The van der Waals surface area contributed by atoms with E-state index >= 15 is 0 Å². The van der Waals surface area contributed by atoms with Crippen LogP contribution in [-0.2, 0) is 5.54 Å². The quantitative estimate of drug-likeness (QED) is 0.820. The maximum Gasteiger partial charge on any atom is 0.0420 e. The lowest BCUT2D eigenvalue weighted by atomic mass is 9.53. The molecule has 0 aromatic heterocycles. The second-order valence-electron chi connectivity index (χ2n) is 5.59. The summed E-state index contributed by atoms with van der Waals surface area (Å²) in [5, 5.41) is 0. The lowest BCUT2D eigenvalue weighted by Crippen LogP contribution is -2.55. The van der Waals surface area contributed by atoms with Crippen molar-refractivity contribution in [3.63, 3.8) is 0 Å². The van der Waals surface area contributed by atoms with Gasteiger partial charge in [0.1, 0.15) is 0 Å². The van der Waals surface area contributed by atoms with Gasteiger partial charge in [0.25, 0.3) is 0 Å². The van der Waals surface area contributed by atoms with Gasteiger partial charge in [-0.05, 0) is 30.7 Å². The van der Waals surface area contributed by atoms with Crippen LogP contribution >= 0.6 is 0 Å². The van der Waals surface area contributed by atoms with Crippen molar-refractivity contribution in [2.75, 3.05) is 0 Å². The molecule has 0 amide bonds. The van der Waals surface area contributed by atoms with Gasteiger partial charge < -0.3 is 5.73 Å². The fourth-order valence-electron chi connectivity index (χ4n) is 3.20. The lowest BCUT2D eigenvalue weighted by molar-refractivity contribution is 0.0166. The van der Waals surface area contributed by atoms with E-state index in [0.29, 0.717) is 5.41 Å². The number of benzene rings is 1. The maximum atomic E-state index is 6.52. The third-order valence-corrected chi connectivity index (χ3v) is 4.47.